The van der Waals surface area contributed by atoms with Crippen LogP contribution in [-0.2, 0) is 4.74 Å². The standard InChI is InChI=1S/C6H6F4O/c7-3-1-5(3,9)11-6(10)2-4(6)8/h3-4H,1-2H2. The zero-order valence-electron chi connectivity index (χ0n) is 5.49. The van der Waals surface area contributed by atoms with Gasteiger partial charge in [-0.05, 0) is 0 Å². The number of halogens is 4. The number of ether oxygens (including phenoxy) is 1. The molecule has 4 unspecified atom stereocenters. The van der Waals surface area contributed by atoms with Crippen LogP contribution in [0.25, 0.3) is 0 Å². The Balaban J connectivity index is 1.92. The predicted octanol–water partition coefficient (Wildman–Crippen LogP) is 1.82. The van der Waals surface area contributed by atoms with Crippen LogP contribution in [0.15, 0.2) is 0 Å². The van der Waals surface area contributed by atoms with Crippen LogP contribution in [0, 0.1) is 0 Å². The van der Waals surface area contributed by atoms with E-state index < -0.39 is 36.9 Å². The lowest BCUT2D eigenvalue weighted by atomic mass is 10.6. The summed E-state index contributed by atoms with van der Waals surface area (Å²) in [5.74, 6) is -5.09. The summed E-state index contributed by atoms with van der Waals surface area (Å²) in [5, 5.41) is 0. The Morgan fingerprint density at radius 1 is 1.00 bits per heavy atom. The summed E-state index contributed by atoms with van der Waals surface area (Å²) in [6.45, 7) is 0. The molecule has 2 saturated carbocycles. The average molecular weight is 170 g/mol. The molecule has 0 spiro atoms. The molecule has 2 aliphatic rings. The lowest BCUT2D eigenvalue weighted by Crippen LogP contribution is -2.21. The van der Waals surface area contributed by atoms with Gasteiger partial charge in [0.15, 0.2) is 12.3 Å². The minimum Gasteiger partial charge on any atom is -0.303 e. The van der Waals surface area contributed by atoms with Gasteiger partial charge in [-0.15, -0.1) is 0 Å². The zero-order valence-corrected chi connectivity index (χ0v) is 5.49. The Morgan fingerprint density at radius 3 is 1.45 bits per heavy atom. The smallest absolute Gasteiger partial charge is 0.246 e. The largest absolute Gasteiger partial charge is 0.303 e. The van der Waals surface area contributed by atoms with Crippen molar-refractivity contribution in [1.82, 2.24) is 0 Å². The van der Waals surface area contributed by atoms with Crippen molar-refractivity contribution in [3.05, 3.63) is 0 Å². The van der Waals surface area contributed by atoms with Crippen molar-refractivity contribution in [2.75, 3.05) is 0 Å². The molecule has 0 radical (unpaired) electrons. The molecule has 0 aromatic heterocycles. The first kappa shape index (κ1) is 7.34. The summed E-state index contributed by atoms with van der Waals surface area (Å²) >= 11 is 0. The van der Waals surface area contributed by atoms with Gasteiger partial charge >= 0.3 is 0 Å². The van der Waals surface area contributed by atoms with Gasteiger partial charge in [-0.2, -0.15) is 0 Å². The second kappa shape index (κ2) is 1.71. The van der Waals surface area contributed by atoms with Gasteiger partial charge in [-0.3, -0.25) is 0 Å². The highest BCUT2D eigenvalue weighted by Gasteiger charge is 2.70. The maximum Gasteiger partial charge on any atom is 0.246 e. The van der Waals surface area contributed by atoms with E-state index in [2.05, 4.69) is 4.74 Å². The minimum atomic E-state index is -2.55. The van der Waals surface area contributed by atoms with Crippen molar-refractivity contribution in [2.24, 2.45) is 0 Å². The molecule has 0 aromatic rings. The van der Waals surface area contributed by atoms with Crippen LogP contribution in [-0.4, -0.2) is 24.1 Å². The fourth-order valence-electron chi connectivity index (χ4n) is 0.864. The number of alkyl halides is 4. The molecule has 0 aromatic carbocycles. The Labute approximate surface area is 60.3 Å². The van der Waals surface area contributed by atoms with Crippen LogP contribution >= 0.6 is 0 Å². The maximum absolute atomic E-state index is 12.6. The van der Waals surface area contributed by atoms with Crippen molar-refractivity contribution in [1.29, 1.82) is 0 Å². The fraction of sp³-hybridized carbons (Fsp3) is 1.00. The zero-order chi connectivity index (χ0) is 8.28. The quantitative estimate of drug-likeness (QED) is 0.574. The molecule has 0 amide bonds. The van der Waals surface area contributed by atoms with E-state index in [1.54, 1.807) is 0 Å². The number of hydrogen-bond donors (Lipinski definition) is 0. The van der Waals surface area contributed by atoms with Gasteiger partial charge in [0.2, 0.25) is 11.7 Å². The van der Waals surface area contributed by atoms with Crippen molar-refractivity contribution in [3.63, 3.8) is 0 Å². The van der Waals surface area contributed by atoms with Crippen LogP contribution in [0.2, 0.25) is 0 Å². The van der Waals surface area contributed by atoms with Gasteiger partial charge in [-0.25, -0.2) is 17.6 Å². The molecule has 0 saturated heterocycles. The molecule has 1 nitrogen and oxygen atoms in total. The molecular formula is C6H6F4O. The highest BCUT2D eigenvalue weighted by Crippen LogP contribution is 2.54. The molecule has 0 bridgehead atoms. The molecular weight excluding hydrogens is 164 g/mol. The van der Waals surface area contributed by atoms with Crippen LogP contribution in [0.5, 0.6) is 0 Å². The molecule has 2 rings (SSSR count). The molecule has 5 heteroatoms. The lowest BCUT2D eigenvalue weighted by molar-refractivity contribution is -0.192. The van der Waals surface area contributed by atoms with Gasteiger partial charge in [0.25, 0.3) is 0 Å². The van der Waals surface area contributed by atoms with Gasteiger partial charge in [-0.1, -0.05) is 0 Å². The minimum absolute atomic E-state index is 0.481. The molecule has 0 N–H and O–H groups in total. The third-order valence-corrected chi connectivity index (χ3v) is 1.87. The third kappa shape index (κ3) is 1.02. The molecule has 11 heavy (non-hydrogen) atoms. The summed E-state index contributed by atoms with van der Waals surface area (Å²) in [7, 11) is 0. The van der Waals surface area contributed by atoms with Crippen molar-refractivity contribution < 1.29 is 22.3 Å². The van der Waals surface area contributed by atoms with E-state index in [-0.39, 0.29) is 0 Å². The maximum atomic E-state index is 12.6. The van der Waals surface area contributed by atoms with E-state index in [9.17, 15) is 17.6 Å². The number of hydrogen-bond acceptors (Lipinski definition) is 1. The van der Waals surface area contributed by atoms with Gasteiger partial charge < -0.3 is 4.74 Å². The summed E-state index contributed by atoms with van der Waals surface area (Å²) in [4.78, 5) is 0. The van der Waals surface area contributed by atoms with E-state index in [1.807, 2.05) is 0 Å². The van der Waals surface area contributed by atoms with Crippen LogP contribution in [0.4, 0.5) is 17.6 Å². The van der Waals surface area contributed by atoms with E-state index >= 15 is 0 Å². The summed E-state index contributed by atoms with van der Waals surface area (Å²) in [6, 6.07) is 0. The first-order chi connectivity index (χ1) is 4.96. The highest BCUT2D eigenvalue weighted by molar-refractivity contribution is 5.05. The van der Waals surface area contributed by atoms with E-state index in [0.29, 0.717) is 0 Å². The molecule has 2 fully saturated rings. The van der Waals surface area contributed by atoms with Crippen molar-refractivity contribution in [2.45, 2.75) is 36.9 Å². The van der Waals surface area contributed by atoms with Crippen LogP contribution in [0.3, 0.4) is 0 Å². The summed E-state index contributed by atoms with van der Waals surface area (Å²) in [6.07, 6.45) is -4.54. The second-order valence-electron chi connectivity index (χ2n) is 3.02. The monoisotopic (exact) mass is 170 g/mol. The molecule has 2 aliphatic carbocycles. The Morgan fingerprint density at radius 2 is 1.27 bits per heavy atom. The fourth-order valence-corrected chi connectivity index (χ4v) is 0.864. The van der Waals surface area contributed by atoms with Crippen LogP contribution in [0.1, 0.15) is 12.8 Å². The van der Waals surface area contributed by atoms with Gasteiger partial charge in [0, 0.05) is 12.8 Å². The lowest BCUT2D eigenvalue weighted by Gasteiger charge is -2.09. The molecule has 0 aliphatic heterocycles. The predicted molar refractivity (Wildman–Crippen MR) is 27.8 cm³/mol. The average Bonchev–Trinajstić information content (AvgIpc) is 2.55. The van der Waals surface area contributed by atoms with Crippen molar-refractivity contribution in [3.8, 4) is 0 Å². The first-order valence-corrected chi connectivity index (χ1v) is 3.32. The summed E-state index contributed by atoms with van der Waals surface area (Å²) < 4.78 is 53.3. The normalized spacial score (nSPS) is 61.1. The van der Waals surface area contributed by atoms with E-state index in [0.717, 1.165) is 0 Å². The molecule has 0 heterocycles. The summed E-state index contributed by atoms with van der Waals surface area (Å²) in [5.41, 5.74) is 0. The van der Waals surface area contributed by atoms with Gasteiger partial charge in [0.1, 0.15) is 0 Å². The Bertz CT molecular complexity index is 179. The van der Waals surface area contributed by atoms with E-state index in [1.165, 1.54) is 0 Å². The molecule has 64 valence electrons. The molecule has 4 atom stereocenters. The Kier molecular flexibility index (Phi) is 1.14. The van der Waals surface area contributed by atoms with Crippen molar-refractivity contribution >= 4 is 0 Å². The highest BCUT2D eigenvalue weighted by atomic mass is 19.2. The van der Waals surface area contributed by atoms with Crippen LogP contribution < -0.4 is 0 Å². The second-order valence-corrected chi connectivity index (χ2v) is 3.02. The first-order valence-electron chi connectivity index (χ1n) is 3.32. The van der Waals surface area contributed by atoms with Gasteiger partial charge in [0.05, 0.1) is 0 Å². The van der Waals surface area contributed by atoms with E-state index in [4.69, 9.17) is 0 Å². The third-order valence-electron chi connectivity index (χ3n) is 1.87. The topological polar surface area (TPSA) is 9.23 Å². The Hall–Kier alpha value is -0.320. The SMILES string of the molecule is FC1CC1(F)OC1(F)CC1F. The number of rotatable bonds is 2.